The molecule has 0 radical (unpaired) electrons. The Morgan fingerprint density at radius 1 is 1.30 bits per heavy atom. The van der Waals surface area contributed by atoms with Crippen LogP contribution >= 0.6 is 0 Å². The van der Waals surface area contributed by atoms with Crippen molar-refractivity contribution in [1.82, 2.24) is 15.1 Å². The number of carbonyl (C=O) groups is 1. The minimum absolute atomic E-state index is 0.0739. The second kappa shape index (κ2) is 7.45. The summed E-state index contributed by atoms with van der Waals surface area (Å²) in [5, 5.41) is 3.26. The normalized spacial score (nSPS) is 17.5. The molecule has 0 saturated carbocycles. The first-order chi connectivity index (χ1) is 10.8. The predicted molar refractivity (Wildman–Crippen MR) is 95.5 cm³/mol. The molecule has 0 aromatic heterocycles. The SMILES string of the molecule is Cc1cccc([C@H](C(=O)NC(C)(C)CN2CCCC2)N(C)C)c1. The molecule has 0 aliphatic carbocycles. The van der Waals surface area contributed by atoms with Gasteiger partial charge in [-0.1, -0.05) is 29.8 Å². The minimum atomic E-state index is -0.257. The van der Waals surface area contributed by atoms with Crippen LogP contribution < -0.4 is 5.32 Å². The number of carbonyl (C=O) groups excluding carboxylic acids is 1. The Hall–Kier alpha value is -1.39. The monoisotopic (exact) mass is 317 g/mol. The van der Waals surface area contributed by atoms with Crippen molar-refractivity contribution in [3.63, 3.8) is 0 Å². The van der Waals surface area contributed by atoms with Crippen LogP contribution in [0.2, 0.25) is 0 Å². The summed E-state index contributed by atoms with van der Waals surface area (Å²) in [6.45, 7) is 9.50. The van der Waals surface area contributed by atoms with Crippen LogP contribution in [-0.4, -0.2) is 55.0 Å². The molecule has 128 valence electrons. The van der Waals surface area contributed by atoms with Gasteiger partial charge in [-0.05, 0) is 66.4 Å². The fraction of sp³-hybridized carbons (Fsp3) is 0.632. The molecule has 2 rings (SSSR count). The number of hydrogen-bond donors (Lipinski definition) is 1. The summed E-state index contributed by atoms with van der Waals surface area (Å²) in [5.74, 6) is 0.0739. The summed E-state index contributed by atoms with van der Waals surface area (Å²) in [4.78, 5) is 17.3. The number of hydrogen-bond acceptors (Lipinski definition) is 3. The van der Waals surface area contributed by atoms with Crippen molar-refractivity contribution < 1.29 is 4.79 Å². The van der Waals surface area contributed by atoms with Gasteiger partial charge in [0, 0.05) is 12.1 Å². The van der Waals surface area contributed by atoms with E-state index in [4.69, 9.17) is 0 Å². The van der Waals surface area contributed by atoms with Crippen LogP contribution in [0.1, 0.15) is 43.9 Å². The van der Waals surface area contributed by atoms with E-state index < -0.39 is 0 Å². The first-order valence-corrected chi connectivity index (χ1v) is 8.56. The smallest absolute Gasteiger partial charge is 0.242 e. The zero-order valence-corrected chi connectivity index (χ0v) is 15.2. The van der Waals surface area contributed by atoms with Crippen molar-refractivity contribution in [2.45, 2.75) is 45.2 Å². The van der Waals surface area contributed by atoms with E-state index in [9.17, 15) is 4.79 Å². The highest BCUT2D eigenvalue weighted by Gasteiger charge is 2.30. The molecule has 1 aliphatic rings. The maximum Gasteiger partial charge on any atom is 0.242 e. The molecule has 1 aromatic carbocycles. The fourth-order valence-corrected chi connectivity index (χ4v) is 3.47. The highest BCUT2D eigenvalue weighted by Crippen LogP contribution is 2.21. The predicted octanol–water partition coefficient (Wildman–Crippen LogP) is 2.59. The first kappa shape index (κ1) is 18.0. The number of likely N-dealkylation sites (N-methyl/N-ethyl adjacent to an activating group) is 1. The summed E-state index contributed by atoms with van der Waals surface area (Å²) in [7, 11) is 3.92. The average molecular weight is 317 g/mol. The molecule has 1 aromatic rings. The molecule has 4 nitrogen and oxygen atoms in total. The Morgan fingerprint density at radius 2 is 1.96 bits per heavy atom. The van der Waals surface area contributed by atoms with E-state index in [2.05, 4.69) is 43.1 Å². The second-order valence-corrected chi connectivity index (χ2v) is 7.64. The summed E-state index contributed by atoms with van der Waals surface area (Å²) in [6.07, 6.45) is 2.54. The summed E-state index contributed by atoms with van der Waals surface area (Å²) in [5.41, 5.74) is 2.00. The van der Waals surface area contributed by atoms with Gasteiger partial charge in [-0.3, -0.25) is 9.69 Å². The Balaban J connectivity index is 2.08. The van der Waals surface area contributed by atoms with Gasteiger partial charge < -0.3 is 10.2 Å². The van der Waals surface area contributed by atoms with Gasteiger partial charge in [-0.25, -0.2) is 0 Å². The number of nitrogens with zero attached hydrogens (tertiary/aromatic N) is 2. The molecule has 1 saturated heterocycles. The third-order valence-electron chi connectivity index (χ3n) is 4.40. The standard InChI is InChI=1S/C19H31N3O/c1-15-9-8-10-16(13-15)17(21(4)5)18(23)20-19(2,3)14-22-11-6-7-12-22/h8-10,13,17H,6-7,11-12,14H2,1-5H3,(H,20,23)/t17-/m1/s1. The number of rotatable bonds is 6. The zero-order valence-electron chi connectivity index (χ0n) is 15.2. The van der Waals surface area contributed by atoms with E-state index in [0.717, 1.165) is 25.2 Å². The number of benzene rings is 1. The topological polar surface area (TPSA) is 35.6 Å². The number of nitrogens with one attached hydrogen (secondary N) is 1. The molecular weight excluding hydrogens is 286 g/mol. The lowest BCUT2D eigenvalue weighted by Crippen LogP contribution is -2.53. The summed E-state index contributed by atoms with van der Waals surface area (Å²) in [6, 6.07) is 7.95. The molecule has 23 heavy (non-hydrogen) atoms. The Labute approximate surface area is 140 Å². The summed E-state index contributed by atoms with van der Waals surface area (Å²) >= 11 is 0. The van der Waals surface area contributed by atoms with Gasteiger partial charge in [0.2, 0.25) is 5.91 Å². The van der Waals surface area contributed by atoms with Gasteiger partial charge in [0.1, 0.15) is 6.04 Å². The maximum atomic E-state index is 12.9. The van der Waals surface area contributed by atoms with Crippen LogP contribution in [0.15, 0.2) is 24.3 Å². The van der Waals surface area contributed by atoms with Crippen molar-refractivity contribution in [2.24, 2.45) is 0 Å². The second-order valence-electron chi connectivity index (χ2n) is 7.64. The third-order valence-corrected chi connectivity index (χ3v) is 4.40. The van der Waals surface area contributed by atoms with Crippen molar-refractivity contribution >= 4 is 5.91 Å². The Kier molecular flexibility index (Phi) is 5.82. The first-order valence-electron chi connectivity index (χ1n) is 8.56. The average Bonchev–Trinajstić information content (AvgIpc) is 2.89. The van der Waals surface area contributed by atoms with E-state index in [1.54, 1.807) is 0 Å². The largest absolute Gasteiger partial charge is 0.348 e. The number of aryl methyl sites for hydroxylation is 1. The van der Waals surface area contributed by atoms with Crippen molar-refractivity contribution in [1.29, 1.82) is 0 Å². The van der Waals surface area contributed by atoms with E-state index in [1.807, 2.05) is 31.1 Å². The molecule has 1 N–H and O–H groups in total. The van der Waals surface area contributed by atoms with E-state index in [-0.39, 0.29) is 17.5 Å². The highest BCUT2D eigenvalue weighted by atomic mass is 16.2. The van der Waals surface area contributed by atoms with Crippen LogP contribution in [0, 0.1) is 6.92 Å². The number of amides is 1. The zero-order chi connectivity index (χ0) is 17.0. The molecule has 1 atom stereocenters. The Bertz CT molecular complexity index is 533. The van der Waals surface area contributed by atoms with Crippen molar-refractivity contribution in [3.8, 4) is 0 Å². The van der Waals surface area contributed by atoms with Crippen LogP contribution in [0.4, 0.5) is 0 Å². The molecule has 1 amide bonds. The molecule has 4 heteroatoms. The lowest BCUT2D eigenvalue weighted by Gasteiger charge is -2.34. The van der Waals surface area contributed by atoms with Gasteiger partial charge in [-0.2, -0.15) is 0 Å². The van der Waals surface area contributed by atoms with Gasteiger partial charge in [-0.15, -0.1) is 0 Å². The molecule has 1 heterocycles. The number of likely N-dealkylation sites (tertiary alicyclic amines) is 1. The molecule has 0 spiro atoms. The van der Waals surface area contributed by atoms with Crippen LogP contribution in [-0.2, 0) is 4.79 Å². The molecular formula is C19H31N3O. The van der Waals surface area contributed by atoms with E-state index >= 15 is 0 Å². The molecule has 1 aliphatic heterocycles. The Morgan fingerprint density at radius 3 is 2.52 bits per heavy atom. The third kappa shape index (κ3) is 5.05. The maximum absolute atomic E-state index is 12.9. The molecule has 0 bridgehead atoms. The quantitative estimate of drug-likeness (QED) is 0.876. The summed E-state index contributed by atoms with van der Waals surface area (Å²) < 4.78 is 0. The van der Waals surface area contributed by atoms with Gasteiger partial charge in [0.25, 0.3) is 0 Å². The molecule has 1 fully saturated rings. The lowest BCUT2D eigenvalue weighted by atomic mass is 9.99. The van der Waals surface area contributed by atoms with Gasteiger partial charge in [0.15, 0.2) is 0 Å². The van der Waals surface area contributed by atoms with Crippen LogP contribution in [0.25, 0.3) is 0 Å². The minimum Gasteiger partial charge on any atom is -0.348 e. The van der Waals surface area contributed by atoms with Crippen LogP contribution in [0.5, 0.6) is 0 Å². The van der Waals surface area contributed by atoms with Crippen molar-refractivity contribution in [2.75, 3.05) is 33.7 Å². The van der Waals surface area contributed by atoms with Gasteiger partial charge in [0.05, 0.1) is 0 Å². The van der Waals surface area contributed by atoms with Gasteiger partial charge >= 0.3 is 0 Å². The van der Waals surface area contributed by atoms with Crippen molar-refractivity contribution in [3.05, 3.63) is 35.4 Å². The highest BCUT2D eigenvalue weighted by molar-refractivity contribution is 5.83. The fourth-order valence-electron chi connectivity index (χ4n) is 3.47. The van der Waals surface area contributed by atoms with E-state index in [0.29, 0.717) is 0 Å². The molecule has 0 unspecified atom stereocenters. The lowest BCUT2D eigenvalue weighted by molar-refractivity contribution is -0.127. The van der Waals surface area contributed by atoms with E-state index in [1.165, 1.54) is 18.4 Å². The van der Waals surface area contributed by atoms with Crippen LogP contribution in [0.3, 0.4) is 0 Å².